The molecule has 0 aliphatic carbocycles. The summed E-state index contributed by atoms with van der Waals surface area (Å²) in [5, 5.41) is 7.37. The molecule has 2 rings (SSSR count). The molecule has 5 nitrogen and oxygen atoms in total. The molecule has 0 heterocycles. The third kappa shape index (κ3) is 6.02. The largest absolute Gasteiger partial charge is 0.352 e. The summed E-state index contributed by atoms with van der Waals surface area (Å²) in [4.78, 5) is 23.3. The maximum absolute atomic E-state index is 11.7. The first-order chi connectivity index (χ1) is 11.5. The standard InChI is InChI=1S/C17H15Cl2N3O2/c18-14-7-6-13(15(19)8-14)11-21-22-17(24)9-16(23)20-10-12-4-2-1-3-5-12/h1-8,11H,9-10H2,(H,20,23)(H,22,24)/b21-11+. The Morgan fingerprint density at radius 2 is 1.79 bits per heavy atom. The number of benzene rings is 2. The number of nitrogens with zero attached hydrogens (tertiary/aromatic N) is 1. The van der Waals surface area contributed by atoms with Gasteiger partial charge in [-0.1, -0.05) is 59.6 Å². The Morgan fingerprint density at radius 1 is 1.04 bits per heavy atom. The first-order valence-electron chi connectivity index (χ1n) is 7.12. The lowest BCUT2D eigenvalue weighted by atomic mass is 10.2. The van der Waals surface area contributed by atoms with Gasteiger partial charge in [0, 0.05) is 17.1 Å². The highest BCUT2D eigenvalue weighted by Crippen LogP contribution is 2.19. The highest BCUT2D eigenvalue weighted by molar-refractivity contribution is 6.36. The minimum atomic E-state index is -0.512. The summed E-state index contributed by atoms with van der Waals surface area (Å²) in [7, 11) is 0. The minimum absolute atomic E-state index is 0.307. The van der Waals surface area contributed by atoms with Crippen LogP contribution >= 0.6 is 23.2 Å². The van der Waals surface area contributed by atoms with Crippen molar-refractivity contribution in [1.29, 1.82) is 0 Å². The monoisotopic (exact) mass is 363 g/mol. The molecule has 7 heteroatoms. The fourth-order valence-electron chi connectivity index (χ4n) is 1.82. The van der Waals surface area contributed by atoms with Crippen LogP contribution < -0.4 is 10.7 Å². The molecule has 0 aliphatic heterocycles. The van der Waals surface area contributed by atoms with E-state index in [4.69, 9.17) is 23.2 Å². The Hall–Kier alpha value is -2.37. The van der Waals surface area contributed by atoms with E-state index in [9.17, 15) is 9.59 Å². The zero-order valence-electron chi connectivity index (χ0n) is 12.6. The average Bonchev–Trinajstić information content (AvgIpc) is 2.56. The van der Waals surface area contributed by atoms with Crippen LogP contribution in [0.3, 0.4) is 0 Å². The van der Waals surface area contributed by atoms with Gasteiger partial charge in [-0.25, -0.2) is 5.43 Å². The highest BCUT2D eigenvalue weighted by Gasteiger charge is 2.08. The lowest BCUT2D eigenvalue weighted by molar-refractivity contribution is -0.129. The molecule has 0 fully saturated rings. The van der Waals surface area contributed by atoms with Gasteiger partial charge in [-0.3, -0.25) is 9.59 Å². The molecule has 124 valence electrons. The molecular weight excluding hydrogens is 349 g/mol. The molecule has 24 heavy (non-hydrogen) atoms. The van der Waals surface area contributed by atoms with Crippen LogP contribution in [0.2, 0.25) is 10.0 Å². The molecule has 2 N–H and O–H groups in total. The Labute approximate surface area is 149 Å². The molecule has 0 saturated carbocycles. The summed E-state index contributed by atoms with van der Waals surface area (Å²) in [6.07, 6.45) is 1.08. The third-order valence-corrected chi connectivity index (χ3v) is 3.57. The summed E-state index contributed by atoms with van der Waals surface area (Å²) >= 11 is 11.8. The van der Waals surface area contributed by atoms with E-state index in [1.165, 1.54) is 6.21 Å². The van der Waals surface area contributed by atoms with Gasteiger partial charge in [0.1, 0.15) is 6.42 Å². The van der Waals surface area contributed by atoms with Crippen molar-refractivity contribution in [2.45, 2.75) is 13.0 Å². The predicted octanol–water partition coefficient (Wildman–Crippen LogP) is 3.15. The van der Waals surface area contributed by atoms with E-state index in [0.717, 1.165) is 5.56 Å². The topological polar surface area (TPSA) is 70.6 Å². The van der Waals surface area contributed by atoms with Gasteiger partial charge in [0.25, 0.3) is 0 Å². The molecule has 0 unspecified atom stereocenters. The molecule has 0 saturated heterocycles. The van der Waals surface area contributed by atoms with E-state index < -0.39 is 5.91 Å². The molecule has 0 spiro atoms. The summed E-state index contributed by atoms with van der Waals surface area (Å²) < 4.78 is 0. The van der Waals surface area contributed by atoms with Crippen LogP contribution in [0.4, 0.5) is 0 Å². The Morgan fingerprint density at radius 3 is 2.50 bits per heavy atom. The van der Waals surface area contributed by atoms with E-state index in [1.807, 2.05) is 30.3 Å². The van der Waals surface area contributed by atoms with Crippen molar-refractivity contribution in [2.75, 3.05) is 0 Å². The van der Waals surface area contributed by atoms with E-state index in [2.05, 4.69) is 15.8 Å². The number of nitrogens with one attached hydrogen (secondary N) is 2. The van der Waals surface area contributed by atoms with Gasteiger partial charge in [0.15, 0.2) is 0 Å². The third-order valence-electron chi connectivity index (χ3n) is 3.01. The van der Waals surface area contributed by atoms with Crippen LogP contribution in [0.15, 0.2) is 53.6 Å². The van der Waals surface area contributed by atoms with Gasteiger partial charge in [0.2, 0.25) is 11.8 Å². The number of halogens is 2. The van der Waals surface area contributed by atoms with Crippen molar-refractivity contribution in [3.63, 3.8) is 0 Å². The molecular formula is C17H15Cl2N3O2. The molecule has 0 aromatic heterocycles. The second kappa shape index (κ2) is 9.05. The Balaban J connectivity index is 1.76. The fraction of sp³-hybridized carbons (Fsp3) is 0.118. The van der Waals surface area contributed by atoms with Crippen LogP contribution in [0.5, 0.6) is 0 Å². The number of carbonyl (C=O) groups excluding carboxylic acids is 2. The van der Waals surface area contributed by atoms with E-state index >= 15 is 0 Å². The Bertz CT molecular complexity index is 749. The van der Waals surface area contributed by atoms with Crippen LogP contribution in [0.1, 0.15) is 17.5 Å². The van der Waals surface area contributed by atoms with Crippen LogP contribution in [0.25, 0.3) is 0 Å². The van der Waals surface area contributed by atoms with Gasteiger partial charge in [-0.2, -0.15) is 5.10 Å². The first-order valence-corrected chi connectivity index (χ1v) is 7.88. The van der Waals surface area contributed by atoms with Gasteiger partial charge in [-0.05, 0) is 17.7 Å². The zero-order valence-corrected chi connectivity index (χ0v) is 14.1. The molecule has 0 bridgehead atoms. The summed E-state index contributed by atoms with van der Waals surface area (Å²) in [6.45, 7) is 0.372. The maximum atomic E-state index is 11.7. The van der Waals surface area contributed by atoms with Crippen LogP contribution in [-0.2, 0) is 16.1 Å². The van der Waals surface area contributed by atoms with Crippen molar-refractivity contribution in [3.05, 3.63) is 69.7 Å². The van der Waals surface area contributed by atoms with Crippen molar-refractivity contribution in [2.24, 2.45) is 5.10 Å². The number of hydrazone groups is 1. The number of hydrogen-bond acceptors (Lipinski definition) is 3. The predicted molar refractivity (Wildman–Crippen MR) is 95.1 cm³/mol. The molecule has 2 aromatic rings. The van der Waals surface area contributed by atoms with Crippen molar-refractivity contribution >= 4 is 41.2 Å². The minimum Gasteiger partial charge on any atom is -0.352 e. The summed E-state index contributed by atoms with van der Waals surface area (Å²) in [6, 6.07) is 14.3. The van der Waals surface area contributed by atoms with E-state index in [1.54, 1.807) is 18.2 Å². The molecule has 0 atom stereocenters. The smallest absolute Gasteiger partial charge is 0.249 e. The second-order valence-electron chi connectivity index (χ2n) is 4.90. The quantitative estimate of drug-likeness (QED) is 0.470. The first kappa shape index (κ1) is 18.0. The summed E-state index contributed by atoms with van der Waals surface area (Å²) in [5.41, 5.74) is 3.85. The zero-order chi connectivity index (χ0) is 17.4. The number of hydrogen-bond donors (Lipinski definition) is 2. The maximum Gasteiger partial charge on any atom is 0.249 e. The van der Waals surface area contributed by atoms with Crippen LogP contribution in [0, 0.1) is 0 Å². The summed E-state index contributed by atoms with van der Waals surface area (Å²) in [5.74, 6) is -0.891. The van der Waals surface area contributed by atoms with Crippen LogP contribution in [-0.4, -0.2) is 18.0 Å². The average molecular weight is 364 g/mol. The van der Waals surface area contributed by atoms with E-state index in [-0.39, 0.29) is 12.3 Å². The van der Waals surface area contributed by atoms with Gasteiger partial charge in [-0.15, -0.1) is 0 Å². The number of rotatable bonds is 6. The van der Waals surface area contributed by atoms with Crippen molar-refractivity contribution < 1.29 is 9.59 Å². The number of carbonyl (C=O) groups is 2. The highest BCUT2D eigenvalue weighted by atomic mass is 35.5. The van der Waals surface area contributed by atoms with Gasteiger partial charge < -0.3 is 5.32 Å². The normalized spacial score (nSPS) is 10.6. The van der Waals surface area contributed by atoms with Gasteiger partial charge in [0.05, 0.1) is 11.2 Å². The Kier molecular flexibility index (Phi) is 6.78. The lowest BCUT2D eigenvalue weighted by Crippen LogP contribution is -2.29. The second-order valence-corrected chi connectivity index (χ2v) is 5.74. The van der Waals surface area contributed by atoms with Crippen molar-refractivity contribution in [3.8, 4) is 0 Å². The molecule has 2 amide bonds. The van der Waals surface area contributed by atoms with E-state index in [0.29, 0.717) is 22.2 Å². The molecule has 2 aromatic carbocycles. The van der Waals surface area contributed by atoms with Gasteiger partial charge >= 0.3 is 0 Å². The fourth-order valence-corrected chi connectivity index (χ4v) is 2.28. The SMILES string of the molecule is O=C(CC(=O)N/N=C/c1ccc(Cl)cc1Cl)NCc1ccccc1. The molecule has 0 aliphatic rings. The lowest BCUT2D eigenvalue weighted by Gasteiger charge is -2.04. The van der Waals surface area contributed by atoms with Crippen molar-refractivity contribution in [1.82, 2.24) is 10.7 Å². The molecule has 0 radical (unpaired) electrons. The number of amides is 2.